The van der Waals surface area contributed by atoms with Gasteiger partial charge in [-0.1, -0.05) is 44.8 Å². The van der Waals surface area contributed by atoms with Gasteiger partial charge in [0.1, 0.15) is 5.76 Å². The summed E-state index contributed by atoms with van der Waals surface area (Å²) in [6.07, 6.45) is 15.9. The molecule has 3 saturated carbocycles. The molecule has 0 spiro atoms. The molecule has 178 valence electrons. The van der Waals surface area contributed by atoms with Crippen LogP contribution in [0.4, 0.5) is 0 Å². The van der Waals surface area contributed by atoms with E-state index in [1.807, 2.05) is 6.26 Å². The van der Waals surface area contributed by atoms with Gasteiger partial charge in [-0.05, 0) is 87.2 Å². The highest BCUT2D eigenvalue weighted by molar-refractivity contribution is 5.77. The van der Waals surface area contributed by atoms with E-state index in [4.69, 9.17) is 9.15 Å². The van der Waals surface area contributed by atoms with Crippen LogP contribution in [-0.2, 0) is 22.5 Å². The molecule has 4 rings (SSSR count). The van der Waals surface area contributed by atoms with Crippen LogP contribution in [-0.4, -0.2) is 19.1 Å². The molecule has 32 heavy (non-hydrogen) atoms. The SMILES string of the molecule is C=C1CC[C@H]2[C@](C)(CCC[C@@]2(C)C(=O)OC)[C@H]1CCc1ccoc1CNC1CCCCC1. The van der Waals surface area contributed by atoms with E-state index in [2.05, 4.69) is 31.8 Å². The first-order valence-electron chi connectivity index (χ1n) is 12.9. The van der Waals surface area contributed by atoms with Crippen molar-refractivity contribution in [3.63, 3.8) is 0 Å². The molecule has 0 radical (unpaired) electrons. The summed E-state index contributed by atoms with van der Waals surface area (Å²) in [5.74, 6) is 1.88. The molecule has 3 fully saturated rings. The van der Waals surface area contributed by atoms with Crippen LogP contribution >= 0.6 is 0 Å². The minimum Gasteiger partial charge on any atom is -0.469 e. The van der Waals surface area contributed by atoms with Gasteiger partial charge in [0.2, 0.25) is 0 Å². The summed E-state index contributed by atoms with van der Waals surface area (Å²) >= 11 is 0. The molecule has 4 atom stereocenters. The number of allylic oxidation sites excluding steroid dienone is 1. The van der Waals surface area contributed by atoms with E-state index in [1.165, 1.54) is 49.7 Å². The molecule has 3 aliphatic carbocycles. The maximum Gasteiger partial charge on any atom is 0.311 e. The standard InChI is InChI=1S/C28H43NO3/c1-20-11-14-25-27(2,16-8-17-28(25,3)26(30)31-4)23(20)13-12-21-15-18-32-24(21)19-29-22-9-6-5-7-10-22/h15,18,22-23,25,29H,1,5-14,16-17,19H2,2-4H3/t23-,25-,27+,28+/m0/s1. The second kappa shape index (κ2) is 9.75. The summed E-state index contributed by atoms with van der Waals surface area (Å²) in [7, 11) is 1.54. The Balaban J connectivity index is 1.44. The van der Waals surface area contributed by atoms with E-state index < -0.39 is 0 Å². The quantitative estimate of drug-likeness (QED) is 0.383. The number of carbonyl (C=O) groups excluding carboxylic acids is 1. The molecule has 4 heteroatoms. The molecule has 0 bridgehead atoms. The van der Waals surface area contributed by atoms with E-state index in [1.54, 1.807) is 7.11 Å². The highest BCUT2D eigenvalue weighted by Gasteiger charge is 2.57. The van der Waals surface area contributed by atoms with Gasteiger partial charge in [0.25, 0.3) is 0 Å². The van der Waals surface area contributed by atoms with Gasteiger partial charge in [0, 0.05) is 6.04 Å². The lowest BCUT2D eigenvalue weighted by molar-refractivity contribution is -0.168. The molecule has 1 heterocycles. The van der Waals surface area contributed by atoms with Crippen molar-refractivity contribution >= 4 is 5.97 Å². The van der Waals surface area contributed by atoms with Gasteiger partial charge < -0.3 is 14.5 Å². The minimum absolute atomic E-state index is 0.0226. The summed E-state index contributed by atoms with van der Waals surface area (Å²) in [5, 5.41) is 3.73. The van der Waals surface area contributed by atoms with Gasteiger partial charge in [0.15, 0.2) is 0 Å². The Bertz CT molecular complexity index is 807. The molecule has 0 amide bonds. The first-order valence-corrected chi connectivity index (χ1v) is 12.9. The van der Waals surface area contributed by atoms with Crippen molar-refractivity contribution in [1.29, 1.82) is 0 Å². The number of hydrogen-bond donors (Lipinski definition) is 1. The van der Waals surface area contributed by atoms with Crippen molar-refractivity contribution in [2.24, 2.45) is 22.7 Å². The zero-order chi connectivity index (χ0) is 22.8. The second-order valence-electron chi connectivity index (χ2n) is 11.2. The minimum atomic E-state index is -0.370. The number of fused-ring (bicyclic) bond motifs is 1. The van der Waals surface area contributed by atoms with Crippen LogP contribution < -0.4 is 5.32 Å². The Kier molecular flexibility index (Phi) is 7.19. The van der Waals surface area contributed by atoms with E-state index >= 15 is 0 Å². The third-order valence-electron chi connectivity index (χ3n) is 9.37. The van der Waals surface area contributed by atoms with Crippen LogP contribution in [0, 0.1) is 22.7 Å². The predicted molar refractivity (Wildman–Crippen MR) is 128 cm³/mol. The third-order valence-corrected chi connectivity index (χ3v) is 9.37. The summed E-state index contributed by atoms with van der Waals surface area (Å²) < 4.78 is 11.2. The molecular weight excluding hydrogens is 398 g/mol. The smallest absolute Gasteiger partial charge is 0.311 e. The van der Waals surface area contributed by atoms with E-state index in [-0.39, 0.29) is 16.8 Å². The average Bonchev–Trinajstić information content (AvgIpc) is 3.24. The normalized spacial score (nSPS) is 33.7. The number of ether oxygens (including phenoxy) is 1. The average molecular weight is 442 g/mol. The predicted octanol–water partition coefficient (Wildman–Crippen LogP) is 6.59. The van der Waals surface area contributed by atoms with Crippen LogP contribution in [0.2, 0.25) is 0 Å². The molecule has 3 aliphatic rings. The van der Waals surface area contributed by atoms with Crippen molar-refractivity contribution in [1.82, 2.24) is 5.32 Å². The number of esters is 1. The summed E-state index contributed by atoms with van der Waals surface area (Å²) in [5.41, 5.74) is 2.45. The number of hydrogen-bond acceptors (Lipinski definition) is 4. The molecule has 0 saturated heterocycles. The fourth-order valence-electron chi connectivity index (χ4n) is 7.55. The summed E-state index contributed by atoms with van der Waals surface area (Å²) in [6.45, 7) is 9.92. The van der Waals surface area contributed by atoms with Gasteiger partial charge in [-0.2, -0.15) is 0 Å². The van der Waals surface area contributed by atoms with Gasteiger partial charge in [-0.3, -0.25) is 4.79 Å². The number of nitrogens with one attached hydrogen (secondary N) is 1. The monoisotopic (exact) mass is 441 g/mol. The van der Waals surface area contributed by atoms with Gasteiger partial charge >= 0.3 is 5.97 Å². The van der Waals surface area contributed by atoms with Crippen molar-refractivity contribution in [3.05, 3.63) is 35.8 Å². The lowest BCUT2D eigenvalue weighted by atomic mass is 9.46. The second-order valence-corrected chi connectivity index (χ2v) is 11.2. The Morgan fingerprint density at radius 1 is 1.19 bits per heavy atom. The van der Waals surface area contributed by atoms with Crippen molar-refractivity contribution in [3.8, 4) is 0 Å². The van der Waals surface area contributed by atoms with Crippen molar-refractivity contribution in [2.75, 3.05) is 7.11 Å². The number of aryl methyl sites for hydroxylation is 1. The van der Waals surface area contributed by atoms with Crippen molar-refractivity contribution in [2.45, 2.75) is 103 Å². The number of furan rings is 1. The maximum absolute atomic E-state index is 12.8. The fourth-order valence-corrected chi connectivity index (χ4v) is 7.55. The fraction of sp³-hybridized carbons (Fsp3) is 0.750. The molecule has 4 nitrogen and oxygen atoms in total. The van der Waals surface area contributed by atoms with Crippen LogP contribution in [0.25, 0.3) is 0 Å². The Labute approximate surface area is 194 Å². The Morgan fingerprint density at radius 2 is 1.97 bits per heavy atom. The first kappa shape index (κ1) is 23.6. The van der Waals surface area contributed by atoms with Crippen LogP contribution in [0.5, 0.6) is 0 Å². The molecule has 1 N–H and O–H groups in total. The largest absolute Gasteiger partial charge is 0.469 e. The Morgan fingerprint density at radius 3 is 2.72 bits per heavy atom. The van der Waals surface area contributed by atoms with Gasteiger partial charge in [0.05, 0.1) is 25.3 Å². The highest BCUT2D eigenvalue weighted by atomic mass is 16.5. The highest BCUT2D eigenvalue weighted by Crippen LogP contribution is 2.62. The van der Waals surface area contributed by atoms with E-state index in [0.29, 0.717) is 17.9 Å². The van der Waals surface area contributed by atoms with Crippen LogP contribution in [0.1, 0.15) is 95.8 Å². The third kappa shape index (κ3) is 4.44. The topological polar surface area (TPSA) is 51.5 Å². The lowest BCUT2D eigenvalue weighted by Gasteiger charge is -2.57. The first-order chi connectivity index (χ1) is 15.4. The van der Waals surface area contributed by atoms with Crippen LogP contribution in [0.3, 0.4) is 0 Å². The molecule has 1 aromatic rings. The number of methoxy groups -OCH3 is 1. The lowest BCUT2D eigenvalue weighted by Crippen LogP contribution is -2.53. The van der Waals surface area contributed by atoms with E-state index in [9.17, 15) is 4.79 Å². The zero-order valence-electron chi connectivity index (χ0n) is 20.5. The van der Waals surface area contributed by atoms with Gasteiger partial charge in [-0.25, -0.2) is 0 Å². The zero-order valence-corrected chi connectivity index (χ0v) is 20.5. The number of rotatable bonds is 7. The number of carbonyl (C=O) groups is 1. The Hall–Kier alpha value is -1.55. The molecular formula is C28H43NO3. The molecule has 0 aliphatic heterocycles. The summed E-state index contributed by atoms with van der Waals surface area (Å²) in [6, 6.07) is 2.79. The van der Waals surface area contributed by atoms with Crippen LogP contribution in [0.15, 0.2) is 28.9 Å². The maximum atomic E-state index is 12.8. The molecule has 1 aromatic heterocycles. The van der Waals surface area contributed by atoms with E-state index in [0.717, 1.165) is 50.8 Å². The summed E-state index contributed by atoms with van der Waals surface area (Å²) in [4.78, 5) is 12.8. The van der Waals surface area contributed by atoms with Crippen molar-refractivity contribution < 1.29 is 13.9 Å². The molecule has 0 unspecified atom stereocenters. The van der Waals surface area contributed by atoms with Gasteiger partial charge in [-0.15, -0.1) is 0 Å². The molecule has 0 aromatic carbocycles.